The number of pyridine rings is 1. The van der Waals surface area contributed by atoms with Gasteiger partial charge in [0, 0.05) is 38.1 Å². The van der Waals surface area contributed by atoms with Crippen LogP contribution < -0.4 is 21.2 Å². The quantitative estimate of drug-likeness (QED) is 0.182. The lowest BCUT2D eigenvalue weighted by atomic mass is 9.84. The predicted molar refractivity (Wildman–Crippen MR) is 220 cm³/mol. The van der Waals surface area contributed by atoms with Crippen molar-refractivity contribution in [3.8, 4) is 0 Å². The van der Waals surface area contributed by atoms with Crippen molar-refractivity contribution in [2.75, 3.05) is 43.0 Å². The third kappa shape index (κ3) is 7.38. The molecule has 5 aromatic rings. The highest BCUT2D eigenvalue weighted by molar-refractivity contribution is 6.06. The standard InChI is InChI=1S/C44H48F3N9O5/c1-52-40-31(4-2-6-35(40)56(43(52)60)36-12-13-39(57)50-42(36)59)26-14-16-53(17-15-26)21-25-8-10-28(11-9-25)55-22-27-18-34(49-41(58)32-5-3-7-38(48-32)44(45,46)47)37(20-33(27)51-55)54-23-30-19-29(54)24-61-30/h2-7,18,20,22,25-26,28-30,36H,8-17,19,21,23-24H2,1H3,(H,49,58)(H,50,57,59)/t25-,28-,29-,30-,36?/m1/s1. The highest BCUT2D eigenvalue weighted by Gasteiger charge is 2.41. The molecule has 0 spiro atoms. The number of hydrogen-bond acceptors (Lipinski definition) is 9. The third-order valence-electron chi connectivity index (χ3n) is 13.8. The number of anilines is 2. The van der Waals surface area contributed by atoms with Crippen molar-refractivity contribution in [2.24, 2.45) is 13.0 Å². The number of carbonyl (C=O) groups excluding carboxylic acids is 3. The smallest absolute Gasteiger partial charge is 0.374 e. The van der Waals surface area contributed by atoms with Gasteiger partial charge in [-0.1, -0.05) is 18.2 Å². The number of piperidine rings is 2. The molecule has 17 heteroatoms. The number of rotatable bonds is 8. The molecule has 61 heavy (non-hydrogen) atoms. The van der Waals surface area contributed by atoms with E-state index in [1.54, 1.807) is 16.2 Å². The van der Waals surface area contributed by atoms with Gasteiger partial charge in [-0.15, -0.1) is 0 Å². The Labute approximate surface area is 349 Å². The molecule has 5 fully saturated rings. The topological polar surface area (TPSA) is 149 Å². The molecular weight excluding hydrogens is 792 g/mol. The number of ether oxygens (including phenoxy) is 1. The van der Waals surface area contributed by atoms with Crippen LogP contribution in [0.5, 0.6) is 0 Å². The minimum absolute atomic E-state index is 0.0898. The second-order valence-corrected chi connectivity index (χ2v) is 17.5. The third-order valence-corrected chi connectivity index (χ3v) is 13.8. The van der Waals surface area contributed by atoms with Crippen molar-refractivity contribution in [2.45, 2.75) is 94.1 Å². The highest BCUT2D eigenvalue weighted by atomic mass is 19.4. The number of carbonyl (C=O) groups is 3. The molecule has 3 amide bonds. The summed E-state index contributed by atoms with van der Waals surface area (Å²) in [6.45, 7) is 4.18. The number of morpholine rings is 1. The molecule has 14 nitrogen and oxygen atoms in total. The molecule has 5 aliphatic rings. The number of halogens is 3. The molecule has 1 unspecified atom stereocenters. The first-order chi connectivity index (χ1) is 29.4. The Bertz CT molecular complexity index is 2600. The van der Waals surface area contributed by atoms with Gasteiger partial charge in [-0.05, 0) is 112 Å². The Morgan fingerprint density at radius 3 is 2.48 bits per heavy atom. The van der Waals surface area contributed by atoms with E-state index in [-0.39, 0.29) is 47.8 Å². The van der Waals surface area contributed by atoms with E-state index >= 15 is 0 Å². The number of imide groups is 1. The van der Waals surface area contributed by atoms with Gasteiger partial charge >= 0.3 is 11.9 Å². The second-order valence-electron chi connectivity index (χ2n) is 17.5. The molecule has 4 aliphatic heterocycles. The minimum atomic E-state index is -4.67. The van der Waals surface area contributed by atoms with Gasteiger partial charge in [0.2, 0.25) is 11.8 Å². The Hall–Kier alpha value is -5.55. The van der Waals surface area contributed by atoms with Gasteiger partial charge in [0.15, 0.2) is 0 Å². The van der Waals surface area contributed by atoms with Crippen LogP contribution in [0.15, 0.2) is 59.5 Å². The van der Waals surface area contributed by atoms with Crippen molar-refractivity contribution >= 4 is 51.0 Å². The summed E-state index contributed by atoms with van der Waals surface area (Å²) in [6.07, 6.45) is 4.88. The lowest BCUT2D eigenvalue weighted by Crippen LogP contribution is -2.44. The Kier molecular flexibility index (Phi) is 10.0. The molecule has 1 saturated carbocycles. The fourth-order valence-electron chi connectivity index (χ4n) is 10.6. The summed E-state index contributed by atoms with van der Waals surface area (Å²) >= 11 is 0. The molecule has 4 saturated heterocycles. The number of imidazole rings is 1. The van der Waals surface area contributed by atoms with Crippen molar-refractivity contribution in [1.29, 1.82) is 0 Å². The van der Waals surface area contributed by atoms with Crippen LogP contribution in [0.2, 0.25) is 0 Å². The number of para-hydroxylation sites is 1. The Morgan fingerprint density at radius 1 is 0.967 bits per heavy atom. The van der Waals surface area contributed by atoms with Crippen molar-refractivity contribution in [1.82, 2.24) is 34.1 Å². The summed E-state index contributed by atoms with van der Waals surface area (Å²) in [5.41, 5.74) is 3.12. The summed E-state index contributed by atoms with van der Waals surface area (Å²) in [6, 6.07) is 12.8. The average Bonchev–Trinajstić information content (AvgIpc) is 4.05. The number of nitrogens with zero attached hydrogens (tertiary/aromatic N) is 7. The molecule has 7 heterocycles. The number of benzene rings is 2. The molecule has 10 rings (SSSR count). The van der Waals surface area contributed by atoms with E-state index in [9.17, 15) is 32.3 Å². The van der Waals surface area contributed by atoms with Gasteiger partial charge in [-0.2, -0.15) is 18.3 Å². The fourth-order valence-corrected chi connectivity index (χ4v) is 10.6. The number of aryl methyl sites for hydroxylation is 1. The Morgan fingerprint density at radius 2 is 1.75 bits per heavy atom. The van der Waals surface area contributed by atoms with Crippen LogP contribution in [0.4, 0.5) is 24.5 Å². The number of fused-ring (bicyclic) bond motifs is 4. The van der Waals surface area contributed by atoms with Crippen LogP contribution in [0, 0.1) is 5.92 Å². The van der Waals surface area contributed by atoms with E-state index in [4.69, 9.17) is 9.84 Å². The van der Waals surface area contributed by atoms with E-state index in [0.29, 0.717) is 31.2 Å². The van der Waals surface area contributed by atoms with Crippen molar-refractivity contribution in [3.63, 3.8) is 0 Å². The normalized spacial score (nSPS) is 25.2. The maximum Gasteiger partial charge on any atom is 0.433 e. The van der Waals surface area contributed by atoms with Crippen LogP contribution in [-0.2, 0) is 27.5 Å². The lowest BCUT2D eigenvalue weighted by Gasteiger charge is -2.37. The fraction of sp³-hybridized carbons (Fsp3) is 0.500. The minimum Gasteiger partial charge on any atom is -0.374 e. The zero-order valence-corrected chi connectivity index (χ0v) is 33.9. The molecule has 1 aliphatic carbocycles. The molecule has 3 atom stereocenters. The highest BCUT2D eigenvalue weighted by Crippen LogP contribution is 2.41. The summed E-state index contributed by atoms with van der Waals surface area (Å²) in [5, 5.41) is 11.1. The zero-order chi connectivity index (χ0) is 42.2. The van der Waals surface area contributed by atoms with Gasteiger partial charge in [0.1, 0.15) is 17.4 Å². The first-order valence-corrected chi connectivity index (χ1v) is 21.4. The monoisotopic (exact) mass is 839 g/mol. The average molecular weight is 840 g/mol. The van der Waals surface area contributed by atoms with Crippen LogP contribution >= 0.6 is 0 Å². The first kappa shape index (κ1) is 39.6. The van der Waals surface area contributed by atoms with Crippen LogP contribution in [0.25, 0.3) is 21.9 Å². The predicted octanol–water partition coefficient (Wildman–Crippen LogP) is 5.92. The molecule has 320 valence electrons. The number of likely N-dealkylation sites (tertiary alicyclic amines) is 1. The van der Waals surface area contributed by atoms with E-state index < -0.39 is 29.7 Å². The summed E-state index contributed by atoms with van der Waals surface area (Å²) < 4.78 is 51.3. The molecular formula is C44H48F3N9O5. The lowest BCUT2D eigenvalue weighted by molar-refractivity contribution is -0.141. The van der Waals surface area contributed by atoms with E-state index in [2.05, 4.69) is 36.2 Å². The van der Waals surface area contributed by atoms with Gasteiger partial charge in [0.05, 0.1) is 52.7 Å². The number of aromatic nitrogens is 5. The van der Waals surface area contributed by atoms with Gasteiger partial charge < -0.3 is 19.9 Å². The molecule has 2 bridgehead atoms. The Balaban J connectivity index is 0.793. The van der Waals surface area contributed by atoms with E-state index in [1.807, 2.05) is 30.5 Å². The second kappa shape index (κ2) is 15.4. The number of alkyl halides is 3. The van der Waals surface area contributed by atoms with Crippen LogP contribution in [0.3, 0.4) is 0 Å². The molecule has 2 N–H and O–H groups in total. The van der Waals surface area contributed by atoms with Gasteiger partial charge in [-0.25, -0.2) is 9.78 Å². The maximum atomic E-state index is 13.5. The summed E-state index contributed by atoms with van der Waals surface area (Å²) in [5.74, 6) is -0.600. The number of nitrogens with one attached hydrogen (secondary N) is 2. The molecule has 3 aromatic heterocycles. The van der Waals surface area contributed by atoms with Crippen molar-refractivity contribution in [3.05, 3.63) is 82.2 Å². The van der Waals surface area contributed by atoms with Gasteiger partial charge in [-0.3, -0.25) is 33.5 Å². The maximum absolute atomic E-state index is 13.5. The first-order valence-electron chi connectivity index (χ1n) is 21.4. The van der Waals surface area contributed by atoms with E-state index in [1.165, 1.54) is 12.1 Å². The number of hydrogen-bond donors (Lipinski definition) is 2. The molecule has 2 aromatic carbocycles. The largest absolute Gasteiger partial charge is 0.433 e. The van der Waals surface area contributed by atoms with Crippen LogP contribution in [-0.4, -0.2) is 91.5 Å². The SMILES string of the molecule is Cn1c(=O)n(C2CCC(=O)NC2=O)c2cccc(C3CCN(C[C@H]4CC[C@H](n5cc6cc(NC(=O)c7cccc(C(F)(F)F)n7)c(N7C[C@H]8C[C@@H]7CO8)cc6n5)CC4)CC3)c21. The summed E-state index contributed by atoms with van der Waals surface area (Å²) in [7, 11) is 1.77. The number of amides is 3. The van der Waals surface area contributed by atoms with Crippen LogP contribution in [0.1, 0.15) is 97.5 Å². The van der Waals surface area contributed by atoms with E-state index in [0.717, 1.165) is 104 Å². The molecule has 0 radical (unpaired) electrons. The van der Waals surface area contributed by atoms with Crippen molar-refractivity contribution < 1.29 is 32.3 Å². The zero-order valence-electron chi connectivity index (χ0n) is 33.9. The summed E-state index contributed by atoms with van der Waals surface area (Å²) in [4.78, 5) is 59.8. The van der Waals surface area contributed by atoms with Gasteiger partial charge in [0.25, 0.3) is 5.91 Å².